The van der Waals surface area contributed by atoms with Gasteiger partial charge in [0.2, 0.25) is 0 Å². The Kier molecular flexibility index (Phi) is 6.11. The van der Waals surface area contributed by atoms with E-state index in [1.807, 2.05) is 12.1 Å². The number of rotatable bonds is 6. The summed E-state index contributed by atoms with van der Waals surface area (Å²) in [5, 5.41) is 0.193. The van der Waals surface area contributed by atoms with Gasteiger partial charge in [0.1, 0.15) is 6.54 Å². The van der Waals surface area contributed by atoms with Gasteiger partial charge in [-0.25, -0.2) is 0 Å². The summed E-state index contributed by atoms with van der Waals surface area (Å²) in [6.07, 6.45) is 4.87. The van der Waals surface area contributed by atoms with Gasteiger partial charge in [-0.3, -0.25) is 9.78 Å². The Morgan fingerprint density at radius 3 is 3.06 bits per heavy atom. The van der Waals surface area contributed by atoms with Gasteiger partial charge >= 0.3 is 0 Å². The molecule has 1 aromatic heterocycles. The molecule has 16 heavy (non-hydrogen) atoms. The first-order valence-corrected chi connectivity index (χ1v) is 6.26. The number of pyridine rings is 1. The van der Waals surface area contributed by atoms with Crippen LogP contribution in [0.3, 0.4) is 0 Å². The molecular weight excluding hydrogens is 220 g/mol. The van der Waals surface area contributed by atoms with Gasteiger partial charge in [0, 0.05) is 18.9 Å². The van der Waals surface area contributed by atoms with Crippen LogP contribution in [0.25, 0.3) is 0 Å². The molecule has 0 bridgehead atoms. The number of nitrogens with two attached hydrogens (primary N) is 1. The van der Waals surface area contributed by atoms with Crippen LogP contribution in [-0.2, 0) is 11.2 Å². The van der Waals surface area contributed by atoms with E-state index in [1.54, 1.807) is 13.1 Å². The van der Waals surface area contributed by atoms with Crippen LogP contribution in [-0.4, -0.2) is 15.9 Å². The fraction of sp³-hybridized carbons (Fsp3) is 0.417. The summed E-state index contributed by atoms with van der Waals surface area (Å²) >= 11 is 1.39. The summed E-state index contributed by atoms with van der Waals surface area (Å²) in [7, 11) is 0. The smallest absolute Gasteiger partial charge is 0.185 e. The molecule has 0 aliphatic heterocycles. The second kappa shape index (κ2) is 7.41. The van der Waals surface area contributed by atoms with Crippen LogP contribution in [0.4, 0.5) is 0 Å². The summed E-state index contributed by atoms with van der Waals surface area (Å²) < 4.78 is 0. The van der Waals surface area contributed by atoms with Gasteiger partial charge in [0.25, 0.3) is 0 Å². The van der Waals surface area contributed by atoms with Crippen molar-refractivity contribution in [2.24, 2.45) is 5.73 Å². The van der Waals surface area contributed by atoms with Crippen LogP contribution >= 0.6 is 11.8 Å². The molecule has 0 aromatic carbocycles. The molecule has 4 heteroatoms. The molecule has 2 radical (unpaired) electrons. The number of aryl methyl sites for hydroxylation is 1. The second-order valence-corrected chi connectivity index (χ2v) is 4.76. The van der Waals surface area contributed by atoms with E-state index in [2.05, 4.69) is 11.5 Å². The molecule has 1 rings (SSSR count). The zero-order valence-corrected chi connectivity index (χ0v) is 10.2. The Balaban J connectivity index is 2.23. The predicted octanol–water partition coefficient (Wildman–Crippen LogP) is 2.03. The van der Waals surface area contributed by atoms with Crippen molar-refractivity contribution in [3.8, 4) is 0 Å². The molecule has 0 aliphatic carbocycles. The molecule has 1 aromatic rings. The van der Waals surface area contributed by atoms with E-state index in [4.69, 9.17) is 5.73 Å². The van der Waals surface area contributed by atoms with E-state index in [-0.39, 0.29) is 5.12 Å². The maximum atomic E-state index is 10.7. The molecule has 0 fully saturated rings. The number of nitrogens with zero attached hydrogens (tertiary/aromatic N) is 1. The van der Waals surface area contributed by atoms with Gasteiger partial charge in [0.15, 0.2) is 5.12 Å². The zero-order valence-electron chi connectivity index (χ0n) is 9.40. The topological polar surface area (TPSA) is 56.0 Å². The lowest BCUT2D eigenvalue weighted by Gasteiger charge is -2.02. The van der Waals surface area contributed by atoms with Crippen LogP contribution < -0.4 is 5.73 Å². The Bertz CT molecular complexity index is 342. The maximum absolute atomic E-state index is 10.7. The second-order valence-electron chi connectivity index (χ2n) is 3.49. The first-order chi connectivity index (χ1) is 7.72. The predicted molar refractivity (Wildman–Crippen MR) is 66.8 cm³/mol. The van der Waals surface area contributed by atoms with Crippen molar-refractivity contribution in [2.75, 3.05) is 5.75 Å². The SMILES string of the molecule is CC(=O)SCCCCc1ccnc([C]N)c1. The van der Waals surface area contributed by atoms with Crippen LogP contribution in [0.2, 0.25) is 0 Å². The summed E-state index contributed by atoms with van der Waals surface area (Å²) in [4.78, 5) is 14.7. The van der Waals surface area contributed by atoms with Crippen LogP contribution in [0.1, 0.15) is 31.0 Å². The van der Waals surface area contributed by atoms with Crippen LogP contribution in [0, 0.1) is 6.54 Å². The Morgan fingerprint density at radius 1 is 1.56 bits per heavy atom. The molecule has 0 saturated carbocycles. The van der Waals surface area contributed by atoms with Crippen molar-refractivity contribution in [3.63, 3.8) is 0 Å². The fourth-order valence-electron chi connectivity index (χ4n) is 1.36. The third-order valence-corrected chi connectivity index (χ3v) is 3.04. The van der Waals surface area contributed by atoms with Gasteiger partial charge in [-0.05, 0) is 37.0 Å². The monoisotopic (exact) mass is 236 g/mol. The largest absolute Gasteiger partial charge is 0.316 e. The highest BCUT2D eigenvalue weighted by Gasteiger charge is 1.98. The maximum Gasteiger partial charge on any atom is 0.185 e. The van der Waals surface area contributed by atoms with Crippen molar-refractivity contribution in [3.05, 3.63) is 36.1 Å². The third-order valence-electron chi connectivity index (χ3n) is 2.14. The van der Waals surface area contributed by atoms with E-state index in [0.29, 0.717) is 5.69 Å². The van der Waals surface area contributed by atoms with Crippen molar-refractivity contribution in [1.82, 2.24) is 4.98 Å². The Hall–Kier alpha value is -0.870. The molecule has 0 unspecified atom stereocenters. The van der Waals surface area contributed by atoms with Gasteiger partial charge < -0.3 is 5.73 Å². The minimum Gasteiger partial charge on any atom is -0.316 e. The van der Waals surface area contributed by atoms with Gasteiger partial charge in [0.05, 0.1) is 5.69 Å². The fourth-order valence-corrected chi connectivity index (χ4v) is 1.99. The lowest BCUT2D eigenvalue weighted by molar-refractivity contribution is -0.109. The van der Waals surface area contributed by atoms with Crippen molar-refractivity contribution in [2.45, 2.75) is 26.2 Å². The summed E-state index contributed by atoms with van der Waals surface area (Å²) in [5.74, 6) is 0.905. The quantitative estimate of drug-likeness (QED) is 0.606. The van der Waals surface area contributed by atoms with Crippen molar-refractivity contribution in [1.29, 1.82) is 0 Å². The molecule has 0 aliphatic rings. The molecule has 0 spiro atoms. The highest BCUT2D eigenvalue weighted by atomic mass is 32.2. The van der Waals surface area contributed by atoms with Gasteiger partial charge in [-0.15, -0.1) is 0 Å². The molecule has 0 saturated heterocycles. The third kappa shape index (κ3) is 5.28. The van der Waals surface area contributed by atoms with E-state index in [0.717, 1.165) is 25.0 Å². The van der Waals surface area contributed by atoms with Gasteiger partial charge in [-0.2, -0.15) is 0 Å². The molecule has 86 valence electrons. The number of hydrogen-bond acceptors (Lipinski definition) is 4. The average Bonchev–Trinajstić information content (AvgIpc) is 2.28. The lowest BCUT2D eigenvalue weighted by atomic mass is 10.1. The molecular formula is C12H16N2OS. The normalized spacial score (nSPS) is 10.4. The number of unbranched alkanes of at least 4 members (excludes halogenated alkanes) is 1. The molecule has 1 heterocycles. The summed E-state index contributed by atoms with van der Waals surface area (Å²) in [6.45, 7) is 4.13. The molecule has 2 N–H and O–H groups in total. The Morgan fingerprint density at radius 2 is 2.38 bits per heavy atom. The number of carbonyl (C=O) groups excluding carboxylic acids is 1. The Labute approximate surface area is 101 Å². The summed E-state index contributed by atoms with van der Waals surface area (Å²) in [5.41, 5.74) is 7.18. The highest BCUT2D eigenvalue weighted by molar-refractivity contribution is 8.13. The molecule has 0 amide bonds. The van der Waals surface area contributed by atoms with Crippen LogP contribution in [0.15, 0.2) is 18.3 Å². The van der Waals surface area contributed by atoms with E-state index in [1.165, 1.54) is 17.3 Å². The van der Waals surface area contributed by atoms with Crippen molar-refractivity contribution >= 4 is 16.9 Å². The number of carbonyl (C=O) groups is 1. The molecule has 0 atom stereocenters. The first-order valence-electron chi connectivity index (χ1n) is 5.27. The average molecular weight is 236 g/mol. The summed E-state index contributed by atoms with van der Waals surface area (Å²) in [6, 6.07) is 3.93. The minimum atomic E-state index is 0.193. The lowest BCUT2D eigenvalue weighted by Crippen LogP contribution is -1.97. The standard InChI is InChI=1S/C12H16N2OS/c1-10(15)16-7-3-2-4-11-5-6-14-12(8-11)9-13/h5-6,8H,2-4,7,13H2,1H3. The minimum absolute atomic E-state index is 0.193. The van der Waals surface area contributed by atoms with E-state index < -0.39 is 0 Å². The number of thioether (sulfide) groups is 1. The number of aromatic nitrogens is 1. The first kappa shape index (κ1) is 13.2. The van der Waals surface area contributed by atoms with Crippen molar-refractivity contribution < 1.29 is 4.79 Å². The van der Waals surface area contributed by atoms with E-state index >= 15 is 0 Å². The number of hydrogen-bond donors (Lipinski definition) is 1. The van der Waals surface area contributed by atoms with Gasteiger partial charge in [-0.1, -0.05) is 11.8 Å². The molecule has 3 nitrogen and oxygen atoms in total. The van der Waals surface area contributed by atoms with E-state index in [9.17, 15) is 4.79 Å². The van der Waals surface area contributed by atoms with Crippen LogP contribution in [0.5, 0.6) is 0 Å². The zero-order chi connectivity index (χ0) is 11.8. The highest BCUT2D eigenvalue weighted by Crippen LogP contribution is 2.10.